The first-order valence-corrected chi connectivity index (χ1v) is 9.94. The van der Waals surface area contributed by atoms with Gasteiger partial charge in [-0.15, -0.1) is 0 Å². The zero-order valence-corrected chi connectivity index (χ0v) is 15.9. The molecule has 2 aromatic carbocycles. The second-order valence-corrected chi connectivity index (χ2v) is 8.09. The fourth-order valence-corrected chi connectivity index (χ4v) is 3.61. The van der Waals surface area contributed by atoms with Crippen molar-refractivity contribution in [3.8, 4) is 0 Å². The second kappa shape index (κ2) is 7.70. The van der Waals surface area contributed by atoms with Gasteiger partial charge < -0.3 is 5.32 Å². The molecule has 25 heavy (non-hydrogen) atoms. The monoisotopic (exact) mass is 360 g/mol. The summed E-state index contributed by atoms with van der Waals surface area (Å²) in [6.07, 6.45) is 1.18. The number of benzene rings is 2. The number of carbonyl (C=O) groups is 1. The van der Waals surface area contributed by atoms with Gasteiger partial charge in [0, 0.05) is 12.1 Å². The lowest BCUT2D eigenvalue weighted by molar-refractivity contribution is 0.0954. The molecule has 6 heteroatoms. The van der Waals surface area contributed by atoms with E-state index < -0.39 is 10.0 Å². The van der Waals surface area contributed by atoms with Gasteiger partial charge in [0.15, 0.2) is 0 Å². The summed E-state index contributed by atoms with van der Waals surface area (Å²) in [6.45, 7) is 6.17. The Kier molecular flexibility index (Phi) is 5.85. The van der Waals surface area contributed by atoms with Gasteiger partial charge in [0.25, 0.3) is 5.91 Å². The largest absolute Gasteiger partial charge is 0.350 e. The Balaban J connectivity index is 2.12. The van der Waals surface area contributed by atoms with E-state index in [2.05, 4.69) is 5.32 Å². The van der Waals surface area contributed by atoms with Gasteiger partial charge in [-0.1, -0.05) is 29.8 Å². The van der Waals surface area contributed by atoms with Gasteiger partial charge in [-0.3, -0.25) is 9.10 Å². The first kappa shape index (κ1) is 19.0. The van der Waals surface area contributed by atoms with Crippen LogP contribution in [0.5, 0.6) is 0 Å². The summed E-state index contributed by atoms with van der Waals surface area (Å²) < 4.78 is 25.7. The van der Waals surface area contributed by atoms with Gasteiger partial charge in [0.05, 0.1) is 18.5 Å². The molecule has 0 aliphatic rings. The number of amides is 1. The van der Waals surface area contributed by atoms with Crippen LogP contribution < -0.4 is 9.62 Å². The highest BCUT2D eigenvalue weighted by atomic mass is 32.2. The number of hydrogen-bond acceptors (Lipinski definition) is 3. The molecule has 0 radical (unpaired) electrons. The van der Waals surface area contributed by atoms with Gasteiger partial charge in [-0.05, 0) is 50.1 Å². The summed E-state index contributed by atoms with van der Waals surface area (Å²) >= 11 is 0. The summed E-state index contributed by atoms with van der Waals surface area (Å²) in [5.41, 5.74) is 4.15. The molecule has 0 bridgehead atoms. The molecular formula is C19H24N2O3S. The van der Waals surface area contributed by atoms with Crippen LogP contribution in [0.4, 0.5) is 5.69 Å². The van der Waals surface area contributed by atoms with Gasteiger partial charge >= 0.3 is 0 Å². The molecule has 2 aromatic rings. The van der Waals surface area contributed by atoms with Gasteiger partial charge in [0.2, 0.25) is 10.0 Å². The average Bonchev–Trinajstić information content (AvgIpc) is 2.53. The van der Waals surface area contributed by atoms with E-state index in [-0.39, 0.29) is 19.0 Å². The Hall–Kier alpha value is -2.34. The van der Waals surface area contributed by atoms with Crippen LogP contribution in [-0.4, -0.2) is 33.7 Å². The SMILES string of the molecule is Cc1cccc(C(=O)NCCN(c2cccc(C)c2C)S(C)(=O)=O)c1. The lowest BCUT2D eigenvalue weighted by Gasteiger charge is -2.25. The highest BCUT2D eigenvalue weighted by Crippen LogP contribution is 2.24. The highest BCUT2D eigenvalue weighted by molar-refractivity contribution is 7.92. The summed E-state index contributed by atoms with van der Waals surface area (Å²) in [4.78, 5) is 12.2. The third-order valence-electron chi connectivity index (χ3n) is 4.13. The topological polar surface area (TPSA) is 66.5 Å². The zero-order valence-electron chi connectivity index (χ0n) is 15.0. The number of rotatable bonds is 6. The third kappa shape index (κ3) is 4.82. The quantitative estimate of drug-likeness (QED) is 0.861. The molecule has 0 aliphatic carbocycles. The third-order valence-corrected chi connectivity index (χ3v) is 5.31. The minimum absolute atomic E-state index is 0.181. The highest BCUT2D eigenvalue weighted by Gasteiger charge is 2.19. The molecule has 1 amide bonds. The van der Waals surface area contributed by atoms with E-state index in [0.717, 1.165) is 16.7 Å². The molecule has 5 nitrogen and oxygen atoms in total. The van der Waals surface area contributed by atoms with Crippen molar-refractivity contribution in [3.05, 3.63) is 64.7 Å². The van der Waals surface area contributed by atoms with Crippen LogP contribution in [0.25, 0.3) is 0 Å². The second-order valence-electron chi connectivity index (χ2n) is 6.18. The first-order valence-electron chi connectivity index (χ1n) is 8.09. The van der Waals surface area contributed by atoms with Gasteiger partial charge in [-0.25, -0.2) is 8.42 Å². The first-order chi connectivity index (χ1) is 11.7. The maximum absolute atomic E-state index is 12.2. The number of aryl methyl sites for hydroxylation is 2. The van der Waals surface area contributed by atoms with Crippen LogP contribution in [0.3, 0.4) is 0 Å². The molecule has 0 heterocycles. The Morgan fingerprint density at radius 2 is 1.76 bits per heavy atom. The van der Waals surface area contributed by atoms with Crippen molar-refractivity contribution in [1.29, 1.82) is 0 Å². The molecule has 0 aliphatic heterocycles. The summed E-state index contributed by atoms with van der Waals surface area (Å²) in [5.74, 6) is -0.210. The lowest BCUT2D eigenvalue weighted by Crippen LogP contribution is -2.38. The van der Waals surface area contributed by atoms with Crippen LogP contribution in [0.2, 0.25) is 0 Å². The van der Waals surface area contributed by atoms with Crippen LogP contribution in [0.1, 0.15) is 27.0 Å². The predicted molar refractivity (Wildman–Crippen MR) is 102 cm³/mol. The van der Waals surface area contributed by atoms with E-state index in [1.807, 2.05) is 45.0 Å². The van der Waals surface area contributed by atoms with Crippen LogP contribution in [0, 0.1) is 20.8 Å². The maximum atomic E-state index is 12.2. The Morgan fingerprint density at radius 1 is 1.08 bits per heavy atom. The molecule has 0 saturated carbocycles. The van der Waals surface area contributed by atoms with Crippen LogP contribution in [-0.2, 0) is 10.0 Å². The van der Waals surface area contributed by atoms with E-state index in [1.54, 1.807) is 18.2 Å². The van der Waals surface area contributed by atoms with E-state index in [1.165, 1.54) is 10.6 Å². The molecule has 0 fully saturated rings. The predicted octanol–water partition coefficient (Wildman–Crippen LogP) is 2.81. The maximum Gasteiger partial charge on any atom is 0.251 e. The Morgan fingerprint density at radius 3 is 2.40 bits per heavy atom. The average molecular weight is 360 g/mol. The number of hydrogen-bond donors (Lipinski definition) is 1. The molecule has 0 unspecified atom stereocenters. The van der Waals surface area contributed by atoms with Crippen molar-refractivity contribution in [2.24, 2.45) is 0 Å². The number of nitrogens with zero attached hydrogens (tertiary/aromatic N) is 1. The van der Waals surface area contributed by atoms with Crippen molar-refractivity contribution in [1.82, 2.24) is 5.32 Å². The molecule has 0 aromatic heterocycles. The van der Waals surface area contributed by atoms with Crippen molar-refractivity contribution >= 4 is 21.6 Å². The number of anilines is 1. The molecule has 1 N–H and O–H groups in total. The molecule has 0 atom stereocenters. The van der Waals surface area contributed by atoms with Crippen molar-refractivity contribution in [2.75, 3.05) is 23.7 Å². The zero-order chi connectivity index (χ0) is 18.6. The fraction of sp³-hybridized carbons (Fsp3) is 0.316. The molecule has 134 valence electrons. The number of carbonyl (C=O) groups excluding carboxylic acids is 1. The van der Waals surface area contributed by atoms with Crippen LogP contribution >= 0.6 is 0 Å². The Bertz CT molecular complexity index is 876. The normalized spacial score (nSPS) is 11.2. The molecule has 0 spiro atoms. The Labute approximate surface area is 149 Å². The van der Waals surface area contributed by atoms with Crippen molar-refractivity contribution in [3.63, 3.8) is 0 Å². The van der Waals surface area contributed by atoms with Crippen molar-refractivity contribution in [2.45, 2.75) is 20.8 Å². The molecule has 0 saturated heterocycles. The molecular weight excluding hydrogens is 336 g/mol. The smallest absolute Gasteiger partial charge is 0.251 e. The van der Waals surface area contributed by atoms with Crippen LogP contribution in [0.15, 0.2) is 42.5 Å². The minimum atomic E-state index is -3.44. The van der Waals surface area contributed by atoms with Gasteiger partial charge in [0.1, 0.15) is 0 Å². The van der Waals surface area contributed by atoms with E-state index >= 15 is 0 Å². The van der Waals surface area contributed by atoms with E-state index in [4.69, 9.17) is 0 Å². The van der Waals surface area contributed by atoms with E-state index in [9.17, 15) is 13.2 Å². The fourth-order valence-electron chi connectivity index (χ4n) is 2.63. The summed E-state index contributed by atoms with van der Waals surface area (Å²) in [5, 5.41) is 2.79. The summed E-state index contributed by atoms with van der Waals surface area (Å²) in [6, 6.07) is 12.8. The van der Waals surface area contributed by atoms with E-state index in [0.29, 0.717) is 11.3 Å². The lowest BCUT2D eigenvalue weighted by atomic mass is 10.1. The summed E-state index contributed by atoms with van der Waals surface area (Å²) in [7, 11) is -3.44. The number of sulfonamides is 1. The van der Waals surface area contributed by atoms with Crippen molar-refractivity contribution < 1.29 is 13.2 Å². The minimum Gasteiger partial charge on any atom is -0.350 e. The molecule has 2 rings (SSSR count). The van der Waals surface area contributed by atoms with Gasteiger partial charge in [-0.2, -0.15) is 0 Å². The standard InChI is InChI=1S/C19H24N2O3S/c1-14-7-5-9-17(13-14)19(22)20-11-12-21(25(4,23)24)18-10-6-8-15(2)16(18)3/h5-10,13H,11-12H2,1-4H3,(H,20,22). The number of nitrogens with one attached hydrogen (secondary N) is 1.